The first-order valence-corrected chi connectivity index (χ1v) is 7.65. The number of carbonyl (C=O) groups is 1. The summed E-state index contributed by atoms with van der Waals surface area (Å²) in [5.74, 6) is 3.32. The Kier molecular flexibility index (Phi) is 1.58. The van der Waals surface area contributed by atoms with Gasteiger partial charge in [-0.1, -0.05) is 24.3 Å². The lowest BCUT2D eigenvalue weighted by Crippen LogP contribution is -2.40. The molecule has 5 aliphatic carbocycles. The number of carbonyl (C=O) groups excluding carboxylic acids is 1. The highest BCUT2D eigenvalue weighted by Crippen LogP contribution is 2.68. The highest BCUT2D eigenvalue weighted by molar-refractivity contribution is 5.94. The molecular weight excluding hydrogens is 220 g/mol. The summed E-state index contributed by atoms with van der Waals surface area (Å²) in [6.07, 6.45) is 16.7. The molecule has 94 valence electrons. The van der Waals surface area contributed by atoms with Crippen LogP contribution in [-0.4, -0.2) is 5.78 Å². The quantitative estimate of drug-likeness (QED) is 0.592. The molecule has 0 radical (unpaired) electrons. The first-order chi connectivity index (χ1) is 8.73. The van der Waals surface area contributed by atoms with Crippen LogP contribution in [0.15, 0.2) is 24.3 Å². The third kappa shape index (κ3) is 0.897. The Morgan fingerprint density at radius 1 is 0.833 bits per heavy atom. The van der Waals surface area contributed by atoms with Crippen molar-refractivity contribution in [3.05, 3.63) is 24.3 Å². The van der Waals surface area contributed by atoms with E-state index in [4.69, 9.17) is 0 Å². The van der Waals surface area contributed by atoms with Crippen molar-refractivity contribution >= 4 is 5.78 Å². The zero-order valence-corrected chi connectivity index (χ0v) is 10.8. The molecule has 2 spiro atoms. The van der Waals surface area contributed by atoms with Gasteiger partial charge in [-0.3, -0.25) is 4.79 Å². The summed E-state index contributed by atoms with van der Waals surface area (Å²) in [7, 11) is 0. The van der Waals surface area contributed by atoms with Gasteiger partial charge in [-0.05, 0) is 62.2 Å². The van der Waals surface area contributed by atoms with Crippen LogP contribution < -0.4 is 0 Å². The molecule has 4 bridgehead atoms. The molecule has 0 aromatic rings. The molecule has 0 aromatic carbocycles. The molecule has 0 heterocycles. The second kappa shape index (κ2) is 2.84. The lowest BCUT2D eigenvalue weighted by atomic mass is 9.66. The third-order valence-corrected chi connectivity index (χ3v) is 6.94. The van der Waals surface area contributed by atoms with E-state index in [0.29, 0.717) is 17.6 Å². The number of rotatable bonds is 0. The molecule has 18 heavy (non-hydrogen) atoms. The lowest BCUT2D eigenvalue weighted by molar-refractivity contribution is -0.136. The van der Waals surface area contributed by atoms with E-state index in [1.165, 1.54) is 38.5 Å². The highest BCUT2D eigenvalue weighted by Gasteiger charge is 2.66. The van der Waals surface area contributed by atoms with Crippen LogP contribution >= 0.6 is 0 Å². The zero-order valence-electron chi connectivity index (χ0n) is 10.8. The Labute approximate surface area is 108 Å². The summed E-state index contributed by atoms with van der Waals surface area (Å²) >= 11 is 0. The molecule has 5 rings (SSSR count). The van der Waals surface area contributed by atoms with Gasteiger partial charge in [0.15, 0.2) is 0 Å². The summed E-state index contributed by atoms with van der Waals surface area (Å²) < 4.78 is 0. The van der Waals surface area contributed by atoms with Gasteiger partial charge in [0.05, 0.1) is 0 Å². The molecule has 3 fully saturated rings. The van der Waals surface area contributed by atoms with Crippen molar-refractivity contribution in [1.82, 2.24) is 0 Å². The number of hydrogen-bond donors (Lipinski definition) is 0. The maximum absolute atomic E-state index is 13.3. The molecule has 0 aromatic heterocycles. The lowest BCUT2D eigenvalue weighted by Gasteiger charge is -2.35. The number of hydrogen-bond acceptors (Lipinski definition) is 1. The maximum Gasteiger partial charge on any atom is 0.146 e. The molecule has 0 N–H and O–H groups in total. The Morgan fingerprint density at radius 2 is 1.33 bits per heavy atom. The fraction of sp³-hybridized carbons (Fsp3) is 0.706. The normalized spacial score (nSPS) is 59.0. The van der Waals surface area contributed by atoms with E-state index in [1.807, 2.05) is 0 Å². The van der Waals surface area contributed by atoms with Crippen molar-refractivity contribution in [2.75, 3.05) is 0 Å². The monoisotopic (exact) mass is 240 g/mol. The average molecular weight is 240 g/mol. The van der Waals surface area contributed by atoms with E-state index < -0.39 is 0 Å². The molecule has 0 amide bonds. The topological polar surface area (TPSA) is 17.1 Å². The minimum absolute atomic E-state index is 0.0811. The Hall–Kier alpha value is -0.850. The van der Waals surface area contributed by atoms with Gasteiger partial charge in [0.1, 0.15) is 5.78 Å². The van der Waals surface area contributed by atoms with Crippen LogP contribution in [0.25, 0.3) is 0 Å². The van der Waals surface area contributed by atoms with Gasteiger partial charge in [-0.25, -0.2) is 0 Å². The van der Waals surface area contributed by atoms with E-state index in [0.717, 1.165) is 11.8 Å². The second-order valence-corrected chi connectivity index (χ2v) is 7.52. The van der Waals surface area contributed by atoms with Gasteiger partial charge in [-0.15, -0.1) is 0 Å². The fourth-order valence-corrected chi connectivity index (χ4v) is 6.18. The molecule has 3 saturated carbocycles. The number of allylic oxidation sites excluding steroid dienone is 4. The van der Waals surface area contributed by atoms with E-state index in [-0.39, 0.29) is 10.8 Å². The minimum atomic E-state index is 0.0811. The first-order valence-electron chi connectivity index (χ1n) is 7.65. The van der Waals surface area contributed by atoms with E-state index in [2.05, 4.69) is 24.3 Å². The molecule has 1 unspecified atom stereocenters. The summed E-state index contributed by atoms with van der Waals surface area (Å²) in [5.41, 5.74) is 0.162. The van der Waals surface area contributed by atoms with E-state index in [9.17, 15) is 4.79 Å². The Bertz CT molecular complexity index is 458. The van der Waals surface area contributed by atoms with Gasteiger partial charge in [-0.2, -0.15) is 0 Å². The Balaban J connectivity index is 1.58. The molecule has 0 saturated heterocycles. The van der Waals surface area contributed by atoms with Crippen LogP contribution in [0.4, 0.5) is 0 Å². The van der Waals surface area contributed by atoms with Crippen molar-refractivity contribution in [1.29, 1.82) is 0 Å². The van der Waals surface area contributed by atoms with Gasteiger partial charge in [0, 0.05) is 10.8 Å². The number of fused-ring (bicyclic) bond motifs is 6. The van der Waals surface area contributed by atoms with Crippen molar-refractivity contribution in [3.63, 3.8) is 0 Å². The standard InChI is InChI=1S/C17H20O/c18-15-16(9-11-1-3-13(16)7-11)5-6-17(15)10-12-2-4-14(17)8-12/h1-4,11-14H,5-10H2/t11-,12+,13-,14?,16+,17-/m0/s1. The van der Waals surface area contributed by atoms with Crippen molar-refractivity contribution in [2.24, 2.45) is 34.5 Å². The van der Waals surface area contributed by atoms with Gasteiger partial charge in [0.2, 0.25) is 0 Å². The highest BCUT2D eigenvalue weighted by atomic mass is 16.1. The van der Waals surface area contributed by atoms with Crippen LogP contribution in [0.1, 0.15) is 38.5 Å². The molecule has 1 heteroatoms. The SMILES string of the molecule is O=C1[C@@]2(CC[C@]13C[C@H]1C=C[C@H]3C1)C[C@@H]1C=CC2C1. The number of ketones is 1. The zero-order chi connectivity index (χ0) is 12.0. The van der Waals surface area contributed by atoms with Crippen molar-refractivity contribution < 1.29 is 4.79 Å². The van der Waals surface area contributed by atoms with Gasteiger partial charge < -0.3 is 0 Å². The van der Waals surface area contributed by atoms with Crippen molar-refractivity contribution in [3.8, 4) is 0 Å². The van der Waals surface area contributed by atoms with Crippen LogP contribution in [0.2, 0.25) is 0 Å². The molecular formula is C17H20O. The van der Waals surface area contributed by atoms with E-state index in [1.54, 1.807) is 0 Å². The molecule has 0 aliphatic heterocycles. The number of Topliss-reactive ketones (excluding diaryl/α,β-unsaturated/α-hetero) is 1. The summed E-state index contributed by atoms with van der Waals surface area (Å²) in [6.45, 7) is 0. The minimum Gasteiger partial charge on any atom is -0.298 e. The van der Waals surface area contributed by atoms with Crippen LogP contribution in [-0.2, 0) is 4.79 Å². The maximum atomic E-state index is 13.3. The van der Waals surface area contributed by atoms with E-state index >= 15 is 0 Å². The summed E-state index contributed by atoms with van der Waals surface area (Å²) in [6, 6.07) is 0. The Morgan fingerprint density at radius 3 is 1.67 bits per heavy atom. The second-order valence-electron chi connectivity index (χ2n) is 7.52. The summed E-state index contributed by atoms with van der Waals surface area (Å²) in [4.78, 5) is 13.3. The molecule has 5 aliphatic rings. The third-order valence-electron chi connectivity index (χ3n) is 6.94. The average Bonchev–Trinajstić information content (AvgIpc) is 3.14. The predicted molar refractivity (Wildman–Crippen MR) is 69.8 cm³/mol. The van der Waals surface area contributed by atoms with Gasteiger partial charge >= 0.3 is 0 Å². The van der Waals surface area contributed by atoms with Gasteiger partial charge in [0.25, 0.3) is 0 Å². The predicted octanol–water partition coefficient (Wildman–Crippen LogP) is 3.51. The molecule has 6 atom stereocenters. The first kappa shape index (κ1) is 10.00. The largest absolute Gasteiger partial charge is 0.298 e. The van der Waals surface area contributed by atoms with Crippen LogP contribution in [0.3, 0.4) is 0 Å². The smallest absolute Gasteiger partial charge is 0.146 e. The van der Waals surface area contributed by atoms with Crippen LogP contribution in [0.5, 0.6) is 0 Å². The fourth-order valence-electron chi connectivity index (χ4n) is 6.18. The molecule has 1 nitrogen and oxygen atoms in total. The van der Waals surface area contributed by atoms with Crippen molar-refractivity contribution in [2.45, 2.75) is 38.5 Å². The van der Waals surface area contributed by atoms with Crippen LogP contribution in [0, 0.1) is 34.5 Å². The summed E-state index contributed by atoms with van der Waals surface area (Å²) in [5, 5.41) is 0.